The van der Waals surface area contributed by atoms with Crippen LogP contribution >= 0.6 is 11.6 Å². The third kappa shape index (κ3) is 4.60. The number of hydrogen-bond acceptors (Lipinski definition) is 8. The number of carbonyl (C=O) groups excluding carboxylic acids is 1. The lowest BCUT2D eigenvalue weighted by molar-refractivity contribution is -0.0478. The summed E-state index contributed by atoms with van der Waals surface area (Å²) in [5, 5.41) is 24.9. The summed E-state index contributed by atoms with van der Waals surface area (Å²) < 4.78 is 42.8. The van der Waals surface area contributed by atoms with Gasteiger partial charge in [0.15, 0.2) is 5.76 Å². The highest BCUT2D eigenvalue weighted by atomic mass is 35.5. The molecule has 12 nitrogen and oxygen atoms in total. The Kier molecular flexibility index (Phi) is 6.05. The third-order valence-electron chi connectivity index (χ3n) is 4.65. The SMILES string of the molecule is NC(=O)N(O)Cc1nn[nH]c1-c1nc(-c2ccc(F)c(Cl)c2)c(-c2ccc(S(N)(=O)=O)cc2)o1. The first-order chi connectivity index (χ1) is 16.0. The van der Waals surface area contributed by atoms with Crippen molar-refractivity contribution >= 4 is 27.7 Å². The van der Waals surface area contributed by atoms with Gasteiger partial charge in [-0.15, -0.1) is 5.10 Å². The topological polar surface area (TPSA) is 194 Å². The molecule has 0 atom stereocenters. The van der Waals surface area contributed by atoms with E-state index in [0.29, 0.717) is 11.1 Å². The molecule has 0 radical (unpaired) electrons. The summed E-state index contributed by atoms with van der Waals surface area (Å²) >= 11 is 5.93. The molecular formula is C19H15ClFN7O5S. The van der Waals surface area contributed by atoms with Crippen molar-refractivity contribution in [3.8, 4) is 34.2 Å². The monoisotopic (exact) mass is 507 g/mol. The lowest BCUT2D eigenvalue weighted by atomic mass is 10.1. The van der Waals surface area contributed by atoms with E-state index < -0.39 is 28.4 Å². The number of aromatic amines is 1. The number of primary sulfonamides is 1. The summed E-state index contributed by atoms with van der Waals surface area (Å²) in [6.07, 6.45) is 0. The molecule has 0 aliphatic rings. The average molecular weight is 508 g/mol. The predicted molar refractivity (Wildman–Crippen MR) is 116 cm³/mol. The molecule has 0 saturated carbocycles. The van der Waals surface area contributed by atoms with Crippen LogP contribution in [0.5, 0.6) is 0 Å². The van der Waals surface area contributed by atoms with Crippen molar-refractivity contribution in [1.82, 2.24) is 25.5 Å². The van der Waals surface area contributed by atoms with Crippen LogP contribution in [0.15, 0.2) is 51.8 Å². The number of sulfonamides is 1. The smallest absolute Gasteiger partial charge is 0.338 e. The minimum Gasteiger partial charge on any atom is -0.434 e. The van der Waals surface area contributed by atoms with Crippen molar-refractivity contribution in [3.63, 3.8) is 0 Å². The molecule has 4 rings (SSSR count). The van der Waals surface area contributed by atoms with Crippen molar-refractivity contribution in [2.45, 2.75) is 11.4 Å². The molecule has 0 fully saturated rings. The fraction of sp³-hybridized carbons (Fsp3) is 0.0526. The van der Waals surface area contributed by atoms with Crippen LogP contribution in [-0.2, 0) is 16.6 Å². The van der Waals surface area contributed by atoms with Gasteiger partial charge in [-0.25, -0.2) is 32.8 Å². The number of H-pyrrole nitrogens is 1. The zero-order chi connectivity index (χ0) is 24.6. The van der Waals surface area contributed by atoms with Crippen LogP contribution in [-0.4, -0.2) is 45.1 Å². The summed E-state index contributed by atoms with van der Waals surface area (Å²) in [6.45, 7) is -0.417. The Morgan fingerprint density at radius 2 is 1.88 bits per heavy atom. The number of primary amides is 1. The Labute approximate surface area is 196 Å². The van der Waals surface area contributed by atoms with Gasteiger partial charge < -0.3 is 10.2 Å². The minimum atomic E-state index is -3.92. The van der Waals surface area contributed by atoms with Gasteiger partial charge in [0.1, 0.15) is 22.9 Å². The van der Waals surface area contributed by atoms with Crippen LogP contribution in [0.3, 0.4) is 0 Å². The van der Waals surface area contributed by atoms with Gasteiger partial charge >= 0.3 is 6.03 Å². The number of nitrogens with zero attached hydrogens (tertiary/aromatic N) is 4. The van der Waals surface area contributed by atoms with Gasteiger partial charge in [0.05, 0.1) is 16.5 Å². The molecule has 0 spiro atoms. The standard InChI is InChI=1S/C19H15ClFN7O5S/c20-12-7-10(3-6-13(12)21)15-17(9-1-4-11(5-2-9)34(23,31)32)33-18(24-15)16-14(25-27-26-16)8-28(30)19(22)29/h1-7,30H,8H2,(H2,22,29)(H2,23,31,32)(H,25,26,27). The van der Waals surface area contributed by atoms with Crippen molar-refractivity contribution in [2.24, 2.45) is 10.9 Å². The second-order valence-electron chi connectivity index (χ2n) is 6.92. The number of oxazole rings is 1. The number of hydroxylamine groups is 2. The molecule has 2 aromatic heterocycles. The summed E-state index contributed by atoms with van der Waals surface area (Å²) in [5.41, 5.74) is 6.28. The fourth-order valence-electron chi connectivity index (χ4n) is 3.01. The van der Waals surface area contributed by atoms with Gasteiger partial charge in [-0.2, -0.15) is 0 Å². The highest BCUT2D eigenvalue weighted by Gasteiger charge is 2.24. The van der Waals surface area contributed by atoms with Crippen LogP contribution < -0.4 is 10.9 Å². The molecule has 2 heterocycles. The molecule has 0 bridgehead atoms. The van der Waals surface area contributed by atoms with E-state index in [4.69, 9.17) is 26.9 Å². The van der Waals surface area contributed by atoms with E-state index in [1.165, 1.54) is 36.4 Å². The summed E-state index contributed by atoms with van der Waals surface area (Å²) in [6, 6.07) is 8.29. The van der Waals surface area contributed by atoms with Crippen molar-refractivity contribution in [1.29, 1.82) is 0 Å². The molecule has 0 aliphatic heterocycles. The lowest BCUT2D eigenvalue weighted by Crippen LogP contribution is -2.32. The highest BCUT2D eigenvalue weighted by molar-refractivity contribution is 7.89. The van der Waals surface area contributed by atoms with Crippen LogP contribution in [0.1, 0.15) is 5.69 Å². The fourth-order valence-corrected chi connectivity index (χ4v) is 3.71. The third-order valence-corrected chi connectivity index (χ3v) is 5.87. The van der Waals surface area contributed by atoms with E-state index in [0.717, 1.165) is 6.07 Å². The second kappa shape index (κ2) is 8.83. The van der Waals surface area contributed by atoms with E-state index in [1.807, 2.05) is 0 Å². The number of amides is 2. The van der Waals surface area contributed by atoms with E-state index in [9.17, 15) is 22.8 Å². The van der Waals surface area contributed by atoms with Crippen molar-refractivity contribution < 1.29 is 27.2 Å². The van der Waals surface area contributed by atoms with E-state index >= 15 is 0 Å². The molecule has 2 aromatic carbocycles. The predicted octanol–water partition coefficient (Wildman–Crippen LogP) is 2.50. The van der Waals surface area contributed by atoms with Gasteiger partial charge in [0, 0.05) is 11.1 Å². The van der Waals surface area contributed by atoms with E-state index in [-0.39, 0.29) is 43.7 Å². The Morgan fingerprint density at radius 1 is 1.21 bits per heavy atom. The molecule has 34 heavy (non-hydrogen) atoms. The van der Waals surface area contributed by atoms with Gasteiger partial charge in [-0.1, -0.05) is 16.8 Å². The lowest BCUT2D eigenvalue weighted by Gasteiger charge is -2.09. The van der Waals surface area contributed by atoms with Gasteiger partial charge in [0.25, 0.3) is 0 Å². The van der Waals surface area contributed by atoms with Crippen molar-refractivity contribution in [3.05, 3.63) is 59.0 Å². The maximum absolute atomic E-state index is 13.7. The number of halogens is 2. The molecular weight excluding hydrogens is 493 g/mol. The zero-order valence-corrected chi connectivity index (χ0v) is 18.5. The maximum Gasteiger partial charge on any atom is 0.338 e. The first kappa shape index (κ1) is 23.3. The first-order valence-electron chi connectivity index (χ1n) is 9.30. The highest BCUT2D eigenvalue weighted by Crippen LogP contribution is 2.37. The number of nitrogens with one attached hydrogen (secondary N) is 1. The molecule has 4 aromatic rings. The number of aromatic nitrogens is 4. The van der Waals surface area contributed by atoms with Crippen LogP contribution in [0.4, 0.5) is 9.18 Å². The van der Waals surface area contributed by atoms with Gasteiger partial charge in [0.2, 0.25) is 15.9 Å². The molecule has 0 saturated heterocycles. The van der Waals surface area contributed by atoms with Crippen LogP contribution in [0.2, 0.25) is 5.02 Å². The quantitative estimate of drug-likeness (QED) is 0.225. The Hall–Kier alpha value is -3.85. The normalized spacial score (nSPS) is 11.5. The molecule has 15 heteroatoms. The number of carbonyl (C=O) groups is 1. The van der Waals surface area contributed by atoms with Crippen LogP contribution in [0.25, 0.3) is 34.2 Å². The maximum atomic E-state index is 13.7. The van der Waals surface area contributed by atoms with E-state index in [1.54, 1.807) is 0 Å². The Morgan fingerprint density at radius 3 is 2.50 bits per heavy atom. The molecule has 176 valence electrons. The summed E-state index contributed by atoms with van der Waals surface area (Å²) in [5.74, 6) is -0.503. The first-order valence-corrected chi connectivity index (χ1v) is 11.2. The van der Waals surface area contributed by atoms with Crippen molar-refractivity contribution in [2.75, 3.05) is 0 Å². The van der Waals surface area contributed by atoms with Gasteiger partial charge in [-0.3, -0.25) is 10.3 Å². The van der Waals surface area contributed by atoms with E-state index in [2.05, 4.69) is 20.4 Å². The minimum absolute atomic E-state index is 0.0427. The number of benzene rings is 2. The number of rotatable bonds is 6. The summed E-state index contributed by atoms with van der Waals surface area (Å²) in [4.78, 5) is 15.5. The number of urea groups is 1. The Bertz CT molecular complexity index is 1490. The largest absolute Gasteiger partial charge is 0.434 e. The van der Waals surface area contributed by atoms with Crippen LogP contribution in [0, 0.1) is 5.82 Å². The molecule has 6 N–H and O–H groups in total. The molecule has 0 unspecified atom stereocenters. The average Bonchev–Trinajstić information content (AvgIpc) is 3.42. The van der Waals surface area contributed by atoms with Gasteiger partial charge in [-0.05, 0) is 42.5 Å². The molecule has 2 amide bonds. The molecule has 0 aliphatic carbocycles. The number of nitrogens with two attached hydrogens (primary N) is 2. The summed E-state index contributed by atoms with van der Waals surface area (Å²) in [7, 11) is -3.92. The zero-order valence-electron chi connectivity index (χ0n) is 16.9. The Balaban J connectivity index is 1.85. The number of hydrogen-bond donors (Lipinski definition) is 4. The second-order valence-corrected chi connectivity index (χ2v) is 8.89.